The molecule has 0 radical (unpaired) electrons. The third-order valence-corrected chi connectivity index (χ3v) is 4.63. The molecule has 0 spiro atoms. The molecule has 2 aromatic heterocycles. The molecule has 2 aromatic carbocycles. The van der Waals surface area contributed by atoms with E-state index in [4.69, 9.17) is 5.73 Å². The van der Waals surface area contributed by atoms with Crippen molar-refractivity contribution in [1.82, 2.24) is 9.97 Å². The number of aromatic nitrogens is 2. The minimum absolute atomic E-state index is 0.160. The lowest BCUT2D eigenvalue weighted by molar-refractivity contribution is -0.117. The Labute approximate surface area is 162 Å². The molecule has 0 aliphatic heterocycles. The van der Waals surface area contributed by atoms with Gasteiger partial charge in [-0.25, -0.2) is 4.98 Å². The number of anilines is 1. The number of amides is 1. The Hall–Kier alpha value is -3.64. The smallest absolute Gasteiger partial charge is 0.241 e. The summed E-state index contributed by atoms with van der Waals surface area (Å²) in [7, 11) is 0. The number of nitrogens with two attached hydrogens (primary N) is 1. The normalized spacial score (nSPS) is 12.0. The number of phenols is 1. The second-order valence-corrected chi connectivity index (χ2v) is 6.65. The van der Waals surface area contributed by atoms with Crippen molar-refractivity contribution in [3.05, 3.63) is 78.6 Å². The zero-order valence-electron chi connectivity index (χ0n) is 15.1. The second-order valence-electron chi connectivity index (χ2n) is 6.65. The van der Waals surface area contributed by atoms with E-state index >= 15 is 0 Å². The zero-order valence-corrected chi connectivity index (χ0v) is 15.1. The van der Waals surface area contributed by atoms with Crippen LogP contribution in [-0.2, 0) is 11.2 Å². The van der Waals surface area contributed by atoms with Crippen molar-refractivity contribution in [1.29, 1.82) is 0 Å². The summed E-state index contributed by atoms with van der Waals surface area (Å²) in [5.74, 6) is -0.110. The van der Waals surface area contributed by atoms with Crippen LogP contribution in [0.15, 0.2) is 73.1 Å². The molecular weight excluding hydrogens is 352 g/mol. The highest BCUT2D eigenvalue weighted by atomic mass is 16.3. The van der Waals surface area contributed by atoms with Gasteiger partial charge in [-0.2, -0.15) is 0 Å². The molecule has 140 valence electrons. The van der Waals surface area contributed by atoms with Crippen molar-refractivity contribution < 1.29 is 9.90 Å². The number of carbonyl (C=O) groups excluding carboxylic acids is 1. The number of hydrogen-bond acceptors (Lipinski definition) is 4. The Kier molecular flexibility index (Phi) is 4.78. The van der Waals surface area contributed by atoms with Crippen LogP contribution in [0.3, 0.4) is 0 Å². The molecule has 0 aliphatic carbocycles. The van der Waals surface area contributed by atoms with E-state index in [1.807, 2.05) is 48.7 Å². The van der Waals surface area contributed by atoms with Crippen molar-refractivity contribution in [2.75, 3.05) is 5.32 Å². The molecule has 6 heteroatoms. The highest BCUT2D eigenvalue weighted by molar-refractivity contribution is 5.96. The summed E-state index contributed by atoms with van der Waals surface area (Å²) in [6.07, 6.45) is 3.98. The third kappa shape index (κ3) is 3.72. The van der Waals surface area contributed by atoms with E-state index < -0.39 is 6.04 Å². The van der Waals surface area contributed by atoms with Gasteiger partial charge in [0.2, 0.25) is 5.91 Å². The average Bonchev–Trinajstić information content (AvgIpc) is 3.17. The summed E-state index contributed by atoms with van der Waals surface area (Å²) >= 11 is 0. The molecule has 4 rings (SSSR count). The lowest BCUT2D eigenvalue weighted by Gasteiger charge is -2.13. The van der Waals surface area contributed by atoms with Gasteiger partial charge < -0.3 is 21.1 Å². The fraction of sp³-hybridized carbons (Fsp3) is 0.0909. The summed E-state index contributed by atoms with van der Waals surface area (Å²) in [4.78, 5) is 19.8. The first-order valence-corrected chi connectivity index (χ1v) is 8.97. The molecule has 6 nitrogen and oxygen atoms in total. The van der Waals surface area contributed by atoms with Gasteiger partial charge in [-0.3, -0.25) is 4.79 Å². The highest BCUT2D eigenvalue weighted by Gasteiger charge is 2.15. The van der Waals surface area contributed by atoms with Gasteiger partial charge in [0, 0.05) is 23.5 Å². The number of aromatic amines is 1. The molecule has 4 aromatic rings. The number of hydrogen-bond donors (Lipinski definition) is 4. The van der Waals surface area contributed by atoms with Crippen molar-refractivity contribution in [3.8, 4) is 16.9 Å². The second kappa shape index (κ2) is 7.54. The molecule has 5 N–H and O–H groups in total. The highest BCUT2D eigenvalue weighted by Crippen LogP contribution is 2.27. The topological polar surface area (TPSA) is 104 Å². The number of carbonyl (C=O) groups is 1. The first-order chi connectivity index (χ1) is 13.6. The monoisotopic (exact) mass is 372 g/mol. The summed E-state index contributed by atoms with van der Waals surface area (Å²) in [5.41, 5.74) is 10.5. The molecule has 0 saturated heterocycles. The summed E-state index contributed by atoms with van der Waals surface area (Å²) in [5, 5.41) is 13.4. The number of nitrogens with zero attached hydrogens (tertiary/aromatic N) is 1. The molecule has 0 bridgehead atoms. The van der Waals surface area contributed by atoms with Gasteiger partial charge in [0.05, 0.1) is 6.04 Å². The van der Waals surface area contributed by atoms with E-state index in [1.54, 1.807) is 24.4 Å². The first kappa shape index (κ1) is 17.8. The number of rotatable bonds is 5. The maximum Gasteiger partial charge on any atom is 0.241 e. The van der Waals surface area contributed by atoms with Gasteiger partial charge >= 0.3 is 0 Å². The van der Waals surface area contributed by atoms with E-state index in [1.165, 1.54) is 0 Å². The van der Waals surface area contributed by atoms with Crippen LogP contribution in [0, 0.1) is 0 Å². The van der Waals surface area contributed by atoms with Crippen LogP contribution >= 0.6 is 0 Å². The van der Waals surface area contributed by atoms with Crippen molar-refractivity contribution in [2.24, 2.45) is 5.73 Å². The molecule has 1 atom stereocenters. The van der Waals surface area contributed by atoms with Crippen LogP contribution in [0.5, 0.6) is 5.75 Å². The molecule has 2 heterocycles. The van der Waals surface area contributed by atoms with Gasteiger partial charge in [0.15, 0.2) is 0 Å². The molecule has 28 heavy (non-hydrogen) atoms. The van der Waals surface area contributed by atoms with Crippen LogP contribution in [0.25, 0.3) is 22.2 Å². The van der Waals surface area contributed by atoms with Crippen LogP contribution < -0.4 is 11.1 Å². The Morgan fingerprint density at radius 2 is 1.96 bits per heavy atom. The molecule has 0 fully saturated rings. The fourth-order valence-corrected chi connectivity index (χ4v) is 3.21. The van der Waals surface area contributed by atoms with Crippen LogP contribution in [-0.4, -0.2) is 27.0 Å². The number of aromatic hydroxyl groups is 1. The molecule has 0 saturated carbocycles. The van der Waals surface area contributed by atoms with E-state index in [0.717, 1.165) is 27.7 Å². The number of H-pyrrole nitrogens is 1. The molecule has 0 unspecified atom stereocenters. The van der Waals surface area contributed by atoms with Gasteiger partial charge in [-0.15, -0.1) is 0 Å². The SMILES string of the molecule is N[C@H](Cc1cccc(O)c1)C(=O)Nc1ccc(-c2ccnc3[nH]ccc23)cc1. The Morgan fingerprint density at radius 3 is 2.75 bits per heavy atom. The molecular formula is C22H20N4O2. The number of fused-ring (bicyclic) bond motifs is 1. The van der Waals surface area contributed by atoms with Crippen molar-refractivity contribution in [2.45, 2.75) is 12.5 Å². The first-order valence-electron chi connectivity index (χ1n) is 8.97. The summed E-state index contributed by atoms with van der Waals surface area (Å²) < 4.78 is 0. The van der Waals surface area contributed by atoms with E-state index in [9.17, 15) is 9.90 Å². The van der Waals surface area contributed by atoms with Gasteiger partial charge in [0.25, 0.3) is 0 Å². The lowest BCUT2D eigenvalue weighted by Crippen LogP contribution is -2.37. The van der Waals surface area contributed by atoms with Gasteiger partial charge in [-0.05, 0) is 59.5 Å². The average molecular weight is 372 g/mol. The van der Waals surface area contributed by atoms with Crippen molar-refractivity contribution >= 4 is 22.6 Å². The Bertz CT molecular complexity index is 1120. The maximum atomic E-state index is 12.4. The van der Waals surface area contributed by atoms with Crippen LogP contribution in [0.2, 0.25) is 0 Å². The fourth-order valence-electron chi connectivity index (χ4n) is 3.21. The zero-order chi connectivity index (χ0) is 19.5. The quantitative estimate of drug-likeness (QED) is 0.431. The minimum atomic E-state index is -0.707. The van der Waals surface area contributed by atoms with Gasteiger partial charge in [0.1, 0.15) is 11.4 Å². The number of benzene rings is 2. The third-order valence-electron chi connectivity index (χ3n) is 4.63. The largest absolute Gasteiger partial charge is 0.508 e. The molecule has 1 amide bonds. The standard InChI is InChI=1S/C22H20N4O2/c23-20(13-14-2-1-3-17(27)12-14)22(28)26-16-6-4-15(5-7-16)18-8-10-24-21-19(18)9-11-25-21/h1-12,20,27H,13,23H2,(H,24,25)(H,26,28)/t20-/m1/s1. The van der Waals surface area contributed by atoms with E-state index in [2.05, 4.69) is 15.3 Å². The number of phenolic OH excluding ortho intramolecular Hbond substituents is 1. The summed E-state index contributed by atoms with van der Waals surface area (Å²) in [6.45, 7) is 0. The number of nitrogens with one attached hydrogen (secondary N) is 2. The number of pyridine rings is 1. The molecule has 0 aliphatic rings. The van der Waals surface area contributed by atoms with Gasteiger partial charge in [-0.1, -0.05) is 24.3 Å². The maximum absolute atomic E-state index is 12.4. The Balaban J connectivity index is 1.45. The predicted octanol–water partition coefficient (Wildman–Crippen LogP) is 3.44. The van der Waals surface area contributed by atoms with Crippen molar-refractivity contribution in [3.63, 3.8) is 0 Å². The van der Waals surface area contributed by atoms with Crippen LogP contribution in [0.4, 0.5) is 5.69 Å². The predicted molar refractivity (Wildman–Crippen MR) is 110 cm³/mol. The minimum Gasteiger partial charge on any atom is -0.508 e. The van der Waals surface area contributed by atoms with Crippen LogP contribution in [0.1, 0.15) is 5.56 Å². The van der Waals surface area contributed by atoms with E-state index in [0.29, 0.717) is 12.1 Å². The Morgan fingerprint density at radius 1 is 1.14 bits per heavy atom. The lowest BCUT2D eigenvalue weighted by atomic mass is 10.0. The van der Waals surface area contributed by atoms with E-state index in [-0.39, 0.29) is 11.7 Å². The summed E-state index contributed by atoms with van der Waals surface area (Å²) in [6, 6.07) is 17.6.